The molecule has 5 nitrogen and oxygen atoms in total. The Morgan fingerprint density at radius 2 is 1.67 bits per heavy atom. The fourth-order valence-corrected chi connectivity index (χ4v) is 1.82. The molecular formula is C13H25N3O2. The van der Waals surface area contributed by atoms with E-state index >= 15 is 0 Å². The van der Waals surface area contributed by atoms with Crippen molar-refractivity contribution in [3.63, 3.8) is 0 Å². The van der Waals surface area contributed by atoms with Crippen LogP contribution in [0.1, 0.15) is 40.0 Å². The minimum absolute atomic E-state index is 0.0145. The summed E-state index contributed by atoms with van der Waals surface area (Å²) in [5.41, 5.74) is 0.0498. The molecular weight excluding hydrogens is 230 g/mol. The zero-order valence-corrected chi connectivity index (χ0v) is 11.7. The molecule has 1 heterocycles. The van der Waals surface area contributed by atoms with Crippen LogP contribution in [0.2, 0.25) is 0 Å². The lowest BCUT2D eigenvalue weighted by atomic mass is 9.97. The van der Waals surface area contributed by atoms with Gasteiger partial charge < -0.3 is 15.5 Å². The SMILES string of the molecule is CC(C)(C)CNC(=O)NCC(=O)N1CCCCC1. The molecule has 1 rings (SSSR count). The standard InChI is InChI=1S/C13H25N3O2/c1-13(2,3)10-15-12(18)14-9-11(17)16-7-5-4-6-8-16/h4-10H2,1-3H3,(H2,14,15,18). The Bertz CT molecular complexity index is 291. The molecule has 1 aliphatic rings. The van der Waals surface area contributed by atoms with Gasteiger partial charge in [0.25, 0.3) is 0 Å². The number of rotatable bonds is 3. The van der Waals surface area contributed by atoms with Crippen LogP contribution in [0, 0.1) is 5.41 Å². The van der Waals surface area contributed by atoms with E-state index in [1.165, 1.54) is 6.42 Å². The van der Waals surface area contributed by atoms with E-state index in [4.69, 9.17) is 0 Å². The van der Waals surface area contributed by atoms with Gasteiger partial charge in [0.2, 0.25) is 5.91 Å². The molecule has 1 saturated heterocycles. The van der Waals surface area contributed by atoms with Gasteiger partial charge in [-0.15, -0.1) is 0 Å². The van der Waals surface area contributed by atoms with Crippen LogP contribution in [-0.2, 0) is 4.79 Å². The average molecular weight is 255 g/mol. The first-order valence-corrected chi connectivity index (χ1v) is 6.68. The predicted octanol–water partition coefficient (Wildman–Crippen LogP) is 1.34. The first-order chi connectivity index (χ1) is 8.38. The summed E-state index contributed by atoms with van der Waals surface area (Å²) in [5.74, 6) is 0.0145. The largest absolute Gasteiger partial charge is 0.341 e. The predicted molar refractivity (Wildman–Crippen MR) is 71.3 cm³/mol. The number of carbonyl (C=O) groups is 2. The zero-order valence-electron chi connectivity index (χ0n) is 11.7. The fraction of sp³-hybridized carbons (Fsp3) is 0.846. The van der Waals surface area contributed by atoms with Gasteiger partial charge in [-0.05, 0) is 24.7 Å². The fourth-order valence-electron chi connectivity index (χ4n) is 1.82. The zero-order chi connectivity index (χ0) is 13.6. The molecule has 18 heavy (non-hydrogen) atoms. The molecule has 0 aromatic rings. The monoisotopic (exact) mass is 255 g/mol. The third-order valence-corrected chi connectivity index (χ3v) is 2.89. The lowest BCUT2D eigenvalue weighted by molar-refractivity contribution is -0.130. The highest BCUT2D eigenvalue weighted by Gasteiger charge is 2.17. The first kappa shape index (κ1) is 14.8. The van der Waals surface area contributed by atoms with Crippen LogP contribution in [0.15, 0.2) is 0 Å². The summed E-state index contributed by atoms with van der Waals surface area (Å²) in [5, 5.41) is 5.37. The Balaban J connectivity index is 2.19. The Labute approximate surface area is 109 Å². The second kappa shape index (κ2) is 6.61. The van der Waals surface area contributed by atoms with Crippen molar-refractivity contribution >= 4 is 11.9 Å². The number of carbonyl (C=O) groups excluding carboxylic acids is 2. The van der Waals surface area contributed by atoms with Gasteiger partial charge in [-0.1, -0.05) is 20.8 Å². The lowest BCUT2D eigenvalue weighted by Gasteiger charge is -2.26. The summed E-state index contributed by atoms with van der Waals surface area (Å²) in [4.78, 5) is 25.1. The number of piperidine rings is 1. The van der Waals surface area contributed by atoms with E-state index in [0.29, 0.717) is 6.54 Å². The Morgan fingerprint density at radius 3 is 2.22 bits per heavy atom. The maximum atomic E-state index is 11.8. The van der Waals surface area contributed by atoms with E-state index in [-0.39, 0.29) is 23.9 Å². The first-order valence-electron chi connectivity index (χ1n) is 6.68. The normalized spacial score (nSPS) is 16.3. The van der Waals surface area contributed by atoms with Crippen LogP contribution in [0.3, 0.4) is 0 Å². The molecule has 0 radical (unpaired) electrons. The number of likely N-dealkylation sites (tertiary alicyclic amines) is 1. The molecule has 0 spiro atoms. The summed E-state index contributed by atoms with van der Waals surface area (Å²) < 4.78 is 0. The Morgan fingerprint density at radius 1 is 1.06 bits per heavy atom. The maximum absolute atomic E-state index is 11.8. The highest BCUT2D eigenvalue weighted by atomic mass is 16.2. The van der Waals surface area contributed by atoms with Crippen LogP contribution in [0.5, 0.6) is 0 Å². The summed E-state index contributed by atoms with van der Waals surface area (Å²) in [6.45, 7) is 8.48. The third-order valence-electron chi connectivity index (χ3n) is 2.89. The van der Waals surface area contributed by atoms with Crippen molar-refractivity contribution in [2.75, 3.05) is 26.2 Å². The molecule has 0 bridgehead atoms. The highest BCUT2D eigenvalue weighted by Crippen LogP contribution is 2.10. The number of hydrogen-bond donors (Lipinski definition) is 2. The summed E-state index contributed by atoms with van der Waals surface area (Å²) in [6.07, 6.45) is 3.34. The van der Waals surface area contributed by atoms with Crippen LogP contribution >= 0.6 is 0 Å². The minimum atomic E-state index is -0.268. The van der Waals surface area contributed by atoms with Gasteiger partial charge in [-0.2, -0.15) is 0 Å². The molecule has 1 aliphatic heterocycles. The summed E-state index contributed by atoms with van der Waals surface area (Å²) in [7, 11) is 0. The molecule has 5 heteroatoms. The molecule has 0 aromatic heterocycles. The van der Waals surface area contributed by atoms with Crippen molar-refractivity contribution in [3.05, 3.63) is 0 Å². The van der Waals surface area contributed by atoms with Gasteiger partial charge in [0, 0.05) is 19.6 Å². The number of nitrogens with zero attached hydrogens (tertiary/aromatic N) is 1. The highest BCUT2D eigenvalue weighted by molar-refractivity contribution is 5.84. The molecule has 2 N–H and O–H groups in total. The molecule has 0 unspecified atom stereocenters. The molecule has 0 saturated carbocycles. The van der Waals surface area contributed by atoms with E-state index < -0.39 is 0 Å². The van der Waals surface area contributed by atoms with E-state index in [1.807, 2.05) is 25.7 Å². The maximum Gasteiger partial charge on any atom is 0.315 e. The summed E-state index contributed by atoms with van der Waals surface area (Å²) in [6, 6.07) is -0.268. The van der Waals surface area contributed by atoms with E-state index in [1.54, 1.807) is 0 Å². The van der Waals surface area contributed by atoms with E-state index in [2.05, 4.69) is 10.6 Å². The average Bonchev–Trinajstić information content (AvgIpc) is 2.33. The molecule has 0 aromatic carbocycles. The van der Waals surface area contributed by atoms with Gasteiger partial charge in [0.15, 0.2) is 0 Å². The van der Waals surface area contributed by atoms with Crippen molar-refractivity contribution in [3.8, 4) is 0 Å². The second-order valence-electron chi connectivity index (χ2n) is 6.04. The van der Waals surface area contributed by atoms with Crippen molar-refractivity contribution in [2.24, 2.45) is 5.41 Å². The van der Waals surface area contributed by atoms with Crippen LogP contribution in [-0.4, -0.2) is 43.0 Å². The Kier molecular flexibility index (Phi) is 5.44. The topological polar surface area (TPSA) is 61.4 Å². The van der Waals surface area contributed by atoms with Gasteiger partial charge in [0.05, 0.1) is 6.54 Å². The van der Waals surface area contributed by atoms with Crippen LogP contribution in [0.25, 0.3) is 0 Å². The Hall–Kier alpha value is -1.26. The van der Waals surface area contributed by atoms with Gasteiger partial charge >= 0.3 is 6.03 Å². The van der Waals surface area contributed by atoms with E-state index in [9.17, 15) is 9.59 Å². The van der Waals surface area contributed by atoms with Crippen LogP contribution < -0.4 is 10.6 Å². The van der Waals surface area contributed by atoms with Crippen molar-refractivity contribution < 1.29 is 9.59 Å². The van der Waals surface area contributed by atoms with Gasteiger partial charge in [0.1, 0.15) is 0 Å². The van der Waals surface area contributed by atoms with Crippen molar-refractivity contribution in [2.45, 2.75) is 40.0 Å². The van der Waals surface area contributed by atoms with Crippen molar-refractivity contribution in [1.29, 1.82) is 0 Å². The number of amides is 3. The van der Waals surface area contributed by atoms with Crippen molar-refractivity contribution in [1.82, 2.24) is 15.5 Å². The van der Waals surface area contributed by atoms with Gasteiger partial charge in [-0.25, -0.2) is 4.79 Å². The van der Waals surface area contributed by atoms with Crippen LogP contribution in [0.4, 0.5) is 4.79 Å². The number of hydrogen-bond acceptors (Lipinski definition) is 2. The van der Waals surface area contributed by atoms with E-state index in [0.717, 1.165) is 25.9 Å². The second-order valence-corrected chi connectivity index (χ2v) is 6.04. The van der Waals surface area contributed by atoms with Gasteiger partial charge in [-0.3, -0.25) is 4.79 Å². The molecule has 104 valence electrons. The summed E-state index contributed by atoms with van der Waals surface area (Å²) >= 11 is 0. The minimum Gasteiger partial charge on any atom is -0.341 e. The molecule has 1 fully saturated rings. The molecule has 0 aliphatic carbocycles. The number of nitrogens with one attached hydrogen (secondary N) is 2. The lowest BCUT2D eigenvalue weighted by Crippen LogP contribution is -2.46. The molecule has 0 atom stereocenters. The molecule has 3 amide bonds. The quantitative estimate of drug-likeness (QED) is 0.799. The smallest absolute Gasteiger partial charge is 0.315 e. The number of urea groups is 1. The third kappa shape index (κ3) is 5.89.